The maximum absolute atomic E-state index is 11.7. The van der Waals surface area contributed by atoms with Crippen molar-refractivity contribution in [3.63, 3.8) is 0 Å². The van der Waals surface area contributed by atoms with Crippen molar-refractivity contribution in [3.8, 4) is 0 Å². The smallest absolute Gasteiger partial charge is 0.213 e. The van der Waals surface area contributed by atoms with E-state index >= 15 is 0 Å². The SMILES string of the molecule is CCc1nsc(NC2CCN(S(=O)(=O)CC)CC2)n1. The zero-order valence-electron chi connectivity index (χ0n) is 11.3. The molecule has 2 rings (SSSR count). The first-order chi connectivity index (χ1) is 9.05. The van der Waals surface area contributed by atoms with E-state index in [1.165, 1.54) is 11.5 Å². The molecule has 6 nitrogen and oxygen atoms in total. The topological polar surface area (TPSA) is 75.2 Å². The van der Waals surface area contributed by atoms with E-state index in [0.717, 1.165) is 30.2 Å². The zero-order chi connectivity index (χ0) is 13.9. The van der Waals surface area contributed by atoms with Gasteiger partial charge >= 0.3 is 0 Å². The Bertz CT molecular complexity index is 507. The minimum absolute atomic E-state index is 0.182. The van der Waals surface area contributed by atoms with Gasteiger partial charge < -0.3 is 5.32 Å². The first-order valence-corrected chi connectivity index (χ1v) is 9.00. The van der Waals surface area contributed by atoms with Gasteiger partial charge in [-0.25, -0.2) is 17.7 Å². The highest BCUT2D eigenvalue weighted by atomic mass is 32.2. The fraction of sp³-hybridized carbons (Fsp3) is 0.818. The lowest BCUT2D eigenvalue weighted by molar-refractivity contribution is 0.330. The molecule has 0 bridgehead atoms. The summed E-state index contributed by atoms with van der Waals surface area (Å²) in [5, 5.41) is 4.19. The van der Waals surface area contributed by atoms with Gasteiger partial charge in [0.25, 0.3) is 0 Å². The fourth-order valence-corrected chi connectivity index (χ4v) is 3.95. The number of aryl methyl sites for hydroxylation is 1. The molecule has 1 saturated heterocycles. The second-order valence-electron chi connectivity index (χ2n) is 4.59. The molecule has 0 spiro atoms. The Morgan fingerprint density at radius 3 is 2.58 bits per heavy atom. The molecule has 1 N–H and O–H groups in total. The normalized spacial score (nSPS) is 18.6. The summed E-state index contributed by atoms with van der Waals surface area (Å²) in [6, 6.07) is 0.293. The molecule has 0 aliphatic carbocycles. The molecule has 0 unspecified atom stereocenters. The second kappa shape index (κ2) is 6.15. The molecule has 1 fully saturated rings. The number of hydrogen-bond acceptors (Lipinski definition) is 6. The third-order valence-corrected chi connectivity index (χ3v) is 5.89. The minimum atomic E-state index is -3.04. The average molecular weight is 304 g/mol. The Balaban J connectivity index is 1.87. The average Bonchev–Trinajstić information content (AvgIpc) is 2.87. The van der Waals surface area contributed by atoms with E-state index < -0.39 is 10.0 Å². The van der Waals surface area contributed by atoms with Gasteiger partial charge in [-0.3, -0.25) is 0 Å². The van der Waals surface area contributed by atoms with Crippen molar-refractivity contribution in [2.45, 2.75) is 39.2 Å². The highest BCUT2D eigenvalue weighted by Crippen LogP contribution is 2.20. The molecule has 2 heterocycles. The standard InChI is InChI=1S/C11H20N4O2S2/c1-3-10-13-11(18-14-10)12-9-5-7-15(8-6-9)19(16,17)4-2/h9H,3-8H2,1-2H3,(H,12,13,14). The van der Waals surface area contributed by atoms with Crippen molar-refractivity contribution in [1.29, 1.82) is 0 Å². The van der Waals surface area contributed by atoms with Gasteiger partial charge in [0, 0.05) is 37.1 Å². The number of rotatable bonds is 5. The number of nitrogens with zero attached hydrogens (tertiary/aromatic N) is 3. The maximum atomic E-state index is 11.7. The Labute approximate surface area is 118 Å². The number of nitrogens with one attached hydrogen (secondary N) is 1. The van der Waals surface area contributed by atoms with Crippen LogP contribution in [0.4, 0.5) is 5.13 Å². The van der Waals surface area contributed by atoms with Crippen LogP contribution in [0.15, 0.2) is 0 Å². The van der Waals surface area contributed by atoms with Crippen molar-refractivity contribution in [3.05, 3.63) is 5.82 Å². The summed E-state index contributed by atoms with van der Waals surface area (Å²) in [5.41, 5.74) is 0. The quantitative estimate of drug-likeness (QED) is 0.888. The van der Waals surface area contributed by atoms with Crippen molar-refractivity contribution in [2.75, 3.05) is 24.2 Å². The number of piperidine rings is 1. The molecular weight excluding hydrogens is 284 g/mol. The molecule has 0 atom stereocenters. The van der Waals surface area contributed by atoms with Gasteiger partial charge in [-0.2, -0.15) is 4.37 Å². The second-order valence-corrected chi connectivity index (χ2v) is 7.60. The van der Waals surface area contributed by atoms with E-state index in [2.05, 4.69) is 14.7 Å². The van der Waals surface area contributed by atoms with Crippen LogP contribution >= 0.6 is 11.5 Å². The van der Waals surface area contributed by atoms with Crippen molar-refractivity contribution < 1.29 is 8.42 Å². The van der Waals surface area contributed by atoms with Crippen molar-refractivity contribution in [1.82, 2.24) is 13.7 Å². The van der Waals surface area contributed by atoms with Gasteiger partial charge in [0.05, 0.1) is 5.75 Å². The lowest BCUT2D eigenvalue weighted by atomic mass is 10.1. The predicted molar refractivity (Wildman–Crippen MR) is 77.0 cm³/mol. The highest BCUT2D eigenvalue weighted by Gasteiger charge is 2.26. The van der Waals surface area contributed by atoms with Crippen LogP contribution in [-0.4, -0.2) is 47.0 Å². The van der Waals surface area contributed by atoms with E-state index in [9.17, 15) is 8.42 Å². The van der Waals surface area contributed by atoms with Crippen LogP contribution in [0.3, 0.4) is 0 Å². The Morgan fingerprint density at radius 1 is 1.37 bits per heavy atom. The van der Waals surface area contributed by atoms with Gasteiger partial charge in [-0.1, -0.05) is 6.92 Å². The number of sulfonamides is 1. The van der Waals surface area contributed by atoms with Gasteiger partial charge in [-0.05, 0) is 19.8 Å². The Kier molecular flexibility index (Phi) is 4.75. The summed E-state index contributed by atoms with van der Waals surface area (Å²) >= 11 is 1.37. The Morgan fingerprint density at radius 2 is 2.05 bits per heavy atom. The van der Waals surface area contributed by atoms with E-state index in [1.807, 2.05) is 6.92 Å². The molecule has 1 aliphatic heterocycles. The summed E-state index contributed by atoms with van der Waals surface area (Å²) in [5.74, 6) is 1.04. The molecule has 0 aromatic carbocycles. The van der Waals surface area contributed by atoms with Crippen LogP contribution in [0.1, 0.15) is 32.5 Å². The Hall–Kier alpha value is -0.730. The molecule has 108 valence electrons. The first-order valence-electron chi connectivity index (χ1n) is 6.62. The summed E-state index contributed by atoms with van der Waals surface area (Å²) in [6.45, 7) is 4.90. The number of hydrogen-bond donors (Lipinski definition) is 1. The van der Waals surface area contributed by atoms with Crippen LogP contribution in [0.5, 0.6) is 0 Å². The molecule has 19 heavy (non-hydrogen) atoms. The third kappa shape index (κ3) is 3.64. The molecule has 0 saturated carbocycles. The molecular formula is C11H20N4O2S2. The third-order valence-electron chi connectivity index (χ3n) is 3.32. The van der Waals surface area contributed by atoms with Crippen LogP contribution < -0.4 is 5.32 Å². The van der Waals surface area contributed by atoms with E-state index in [4.69, 9.17) is 0 Å². The first kappa shape index (κ1) is 14.7. The van der Waals surface area contributed by atoms with Gasteiger partial charge in [0.1, 0.15) is 5.82 Å². The molecule has 1 aromatic rings. The monoisotopic (exact) mass is 304 g/mol. The maximum Gasteiger partial charge on any atom is 0.213 e. The van der Waals surface area contributed by atoms with E-state index in [1.54, 1.807) is 11.2 Å². The summed E-state index contributed by atoms with van der Waals surface area (Å²) in [7, 11) is -3.04. The lowest BCUT2D eigenvalue weighted by Gasteiger charge is -2.31. The summed E-state index contributed by atoms with van der Waals surface area (Å²) in [6.07, 6.45) is 2.48. The van der Waals surface area contributed by atoms with Gasteiger partial charge in [0.2, 0.25) is 15.2 Å². The number of aromatic nitrogens is 2. The highest BCUT2D eigenvalue weighted by molar-refractivity contribution is 7.89. The van der Waals surface area contributed by atoms with Crippen LogP contribution in [0.2, 0.25) is 0 Å². The molecule has 1 aliphatic rings. The fourth-order valence-electron chi connectivity index (χ4n) is 2.09. The molecule has 8 heteroatoms. The van der Waals surface area contributed by atoms with E-state index in [0.29, 0.717) is 19.1 Å². The van der Waals surface area contributed by atoms with Crippen LogP contribution in [0, 0.1) is 0 Å². The van der Waals surface area contributed by atoms with Crippen LogP contribution in [-0.2, 0) is 16.4 Å². The van der Waals surface area contributed by atoms with Gasteiger partial charge in [0.15, 0.2) is 0 Å². The minimum Gasteiger partial charge on any atom is -0.357 e. The summed E-state index contributed by atoms with van der Waals surface area (Å²) in [4.78, 5) is 4.37. The molecule has 0 amide bonds. The summed E-state index contributed by atoms with van der Waals surface area (Å²) < 4.78 is 29.3. The lowest BCUT2D eigenvalue weighted by Crippen LogP contribution is -2.42. The van der Waals surface area contributed by atoms with Crippen molar-refractivity contribution in [2.24, 2.45) is 0 Å². The predicted octanol–water partition coefficient (Wildman–Crippen LogP) is 1.33. The largest absolute Gasteiger partial charge is 0.357 e. The number of anilines is 1. The van der Waals surface area contributed by atoms with Crippen LogP contribution in [0.25, 0.3) is 0 Å². The zero-order valence-corrected chi connectivity index (χ0v) is 12.9. The molecule has 0 radical (unpaired) electrons. The van der Waals surface area contributed by atoms with Gasteiger partial charge in [-0.15, -0.1) is 0 Å². The van der Waals surface area contributed by atoms with E-state index in [-0.39, 0.29) is 5.75 Å². The van der Waals surface area contributed by atoms with Crippen molar-refractivity contribution >= 4 is 26.7 Å². The molecule has 1 aromatic heterocycles.